The van der Waals surface area contributed by atoms with Gasteiger partial charge in [-0.2, -0.15) is 5.10 Å². The molecule has 10 nitrogen and oxygen atoms in total. The summed E-state index contributed by atoms with van der Waals surface area (Å²) in [4.78, 5) is 28.7. The maximum Gasteiger partial charge on any atom is 0.310 e. The Morgan fingerprint density at radius 3 is 2.70 bits per heavy atom. The number of amidine groups is 1. The molecule has 0 atom stereocenters. The van der Waals surface area contributed by atoms with E-state index in [-0.39, 0.29) is 17.0 Å². The molecule has 1 aromatic carbocycles. The normalized spacial score (nSPS) is 14.2. The number of hydrogen-bond donors (Lipinski definition) is 2. The van der Waals surface area contributed by atoms with Crippen molar-refractivity contribution in [1.29, 1.82) is 0 Å². The molecule has 0 spiro atoms. The van der Waals surface area contributed by atoms with Crippen molar-refractivity contribution in [3.63, 3.8) is 0 Å². The summed E-state index contributed by atoms with van der Waals surface area (Å²) < 4.78 is 34.7. The summed E-state index contributed by atoms with van der Waals surface area (Å²) in [5, 5.41) is 6.81. The highest BCUT2D eigenvalue weighted by atomic mass is 32.2. The Morgan fingerprint density at radius 2 is 1.97 bits per heavy atom. The fraction of sp³-hybridized carbons (Fsp3) is 0.455. The van der Waals surface area contributed by atoms with Crippen molar-refractivity contribution < 1.29 is 22.7 Å². The van der Waals surface area contributed by atoms with Crippen LogP contribution < -0.4 is 10.0 Å². The van der Waals surface area contributed by atoms with Gasteiger partial charge >= 0.3 is 5.97 Å². The maximum atomic E-state index is 12.7. The molecule has 1 aliphatic heterocycles. The standard InChI is InChI=1S/C22H29N5O5S/c1-15-19(16(2)27(3)25-15)13-22(29)32-14-21(28)24-17-8-7-9-18(12-17)33(30,31)26-20-10-5-4-6-11-23-20/h7-9,12H,4-6,10-11,13-14H2,1-3H3,(H,23,26)(H,24,28). The monoisotopic (exact) mass is 475 g/mol. The van der Waals surface area contributed by atoms with E-state index in [4.69, 9.17) is 4.74 Å². The first-order valence-electron chi connectivity index (χ1n) is 10.8. The fourth-order valence-corrected chi connectivity index (χ4v) is 4.66. The second kappa shape index (κ2) is 10.6. The molecule has 1 amide bonds. The number of esters is 1. The van der Waals surface area contributed by atoms with Crippen molar-refractivity contribution in [1.82, 2.24) is 14.5 Å². The molecule has 0 bridgehead atoms. The van der Waals surface area contributed by atoms with E-state index >= 15 is 0 Å². The molecule has 0 saturated heterocycles. The van der Waals surface area contributed by atoms with Crippen LogP contribution in [0.25, 0.3) is 0 Å². The molecule has 0 radical (unpaired) electrons. The van der Waals surface area contributed by atoms with Gasteiger partial charge in [0.2, 0.25) is 0 Å². The number of ether oxygens (including phenoxy) is 1. The van der Waals surface area contributed by atoms with Crippen molar-refractivity contribution in [2.24, 2.45) is 12.0 Å². The predicted molar refractivity (Wildman–Crippen MR) is 124 cm³/mol. The van der Waals surface area contributed by atoms with Gasteiger partial charge in [-0.1, -0.05) is 12.5 Å². The van der Waals surface area contributed by atoms with E-state index < -0.39 is 28.5 Å². The highest BCUT2D eigenvalue weighted by molar-refractivity contribution is 7.90. The second-order valence-corrected chi connectivity index (χ2v) is 9.61. The molecule has 1 aromatic heterocycles. The number of hydrogen-bond acceptors (Lipinski definition) is 7. The van der Waals surface area contributed by atoms with Crippen molar-refractivity contribution >= 4 is 33.4 Å². The molecule has 0 unspecified atom stereocenters. The first kappa shape index (κ1) is 24.4. The Kier molecular flexibility index (Phi) is 7.85. The van der Waals surface area contributed by atoms with E-state index in [1.54, 1.807) is 24.7 Å². The van der Waals surface area contributed by atoms with Gasteiger partial charge in [0.25, 0.3) is 15.9 Å². The van der Waals surface area contributed by atoms with Gasteiger partial charge in [-0.3, -0.25) is 24.0 Å². The van der Waals surface area contributed by atoms with Crippen LogP contribution in [0.4, 0.5) is 5.69 Å². The topological polar surface area (TPSA) is 132 Å². The third-order valence-electron chi connectivity index (χ3n) is 5.40. The average molecular weight is 476 g/mol. The zero-order valence-electron chi connectivity index (χ0n) is 19.1. The van der Waals surface area contributed by atoms with Gasteiger partial charge in [0, 0.05) is 37.0 Å². The van der Waals surface area contributed by atoms with Crippen LogP contribution in [0.15, 0.2) is 34.2 Å². The van der Waals surface area contributed by atoms with Gasteiger partial charge in [0.15, 0.2) is 6.61 Å². The molecule has 2 aromatic rings. The van der Waals surface area contributed by atoms with Crippen LogP contribution in [0.3, 0.4) is 0 Å². The lowest BCUT2D eigenvalue weighted by Crippen LogP contribution is -2.30. The molecule has 0 saturated carbocycles. The van der Waals surface area contributed by atoms with Crippen LogP contribution in [-0.4, -0.2) is 49.1 Å². The third-order valence-corrected chi connectivity index (χ3v) is 6.78. The smallest absolute Gasteiger partial charge is 0.310 e. The summed E-state index contributed by atoms with van der Waals surface area (Å²) >= 11 is 0. The number of anilines is 1. The van der Waals surface area contributed by atoms with Crippen LogP contribution in [0, 0.1) is 13.8 Å². The molecule has 2 N–H and O–H groups in total. The quantitative estimate of drug-likeness (QED) is 0.589. The number of aryl methyl sites for hydroxylation is 2. The molecule has 1 aliphatic rings. The number of rotatable bonds is 7. The number of aliphatic imine (C=N–C) groups is 1. The Hall–Kier alpha value is -3.21. The minimum absolute atomic E-state index is 0.00627. The van der Waals surface area contributed by atoms with Crippen LogP contribution in [-0.2, 0) is 37.8 Å². The molecule has 3 rings (SSSR count). The van der Waals surface area contributed by atoms with Gasteiger partial charge in [0.1, 0.15) is 5.84 Å². The number of carbonyl (C=O) groups is 2. The first-order chi connectivity index (χ1) is 15.7. The van der Waals surface area contributed by atoms with Gasteiger partial charge < -0.3 is 10.1 Å². The van der Waals surface area contributed by atoms with Crippen molar-refractivity contribution in [2.75, 3.05) is 18.5 Å². The minimum atomic E-state index is -3.83. The zero-order valence-corrected chi connectivity index (χ0v) is 19.9. The number of carbonyl (C=O) groups excluding carboxylic acids is 2. The lowest BCUT2D eigenvalue weighted by Gasteiger charge is -2.11. The second-order valence-electron chi connectivity index (χ2n) is 7.93. The van der Waals surface area contributed by atoms with Crippen molar-refractivity contribution in [2.45, 2.75) is 50.8 Å². The lowest BCUT2D eigenvalue weighted by molar-refractivity contribution is -0.146. The first-order valence-corrected chi connectivity index (χ1v) is 12.2. The Bertz CT molecular complexity index is 1170. The van der Waals surface area contributed by atoms with E-state index in [9.17, 15) is 18.0 Å². The molecule has 0 aliphatic carbocycles. The summed E-state index contributed by atoms with van der Waals surface area (Å²) in [5.41, 5.74) is 2.64. The molecular weight excluding hydrogens is 446 g/mol. The number of sulfonamides is 1. The SMILES string of the molecule is Cc1nn(C)c(C)c1CC(=O)OCC(=O)Nc1cccc(S(=O)(=O)NC2=NCCCCC2)c1. The highest BCUT2D eigenvalue weighted by Crippen LogP contribution is 2.17. The van der Waals surface area contributed by atoms with Gasteiger partial charge in [-0.15, -0.1) is 0 Å². The summed E-state index contributed by atoms with van der Waals surface area (Å²) in [6, 6.07) is 5.87. The zero-order chi connectivity index (χ0) is 24.0. The maximum absolute atomic E-state index is 12.7. The fourth-order valence-electron chi connectivity index (χ4n) is 3.52. The van der Waals surface area contributed by atoms with Crippen LogP contribution in [0.5, 0.6) is 0 Å². The Labute approximate surface area is 193 Å². The van der Waals surface area contributed by atoms with Crippen LogP contribution >= 0.6 is 0 Å². The van der Waals surface area contributed by atoms with E-state index in [1.807, 2.05) is 6.92 Å². The van der Waals surface area contributed by atoms with Gasteiger partial charge in [-0.05, 0) is 44.9 Å². The van der Waals surface area contributed by atoms with E-state index in [0.717, 1.165) is 36.2 Å². The van der Waals surface area contributed by atoms with Gasteiger partial charge in [-0.25, -0.2) is 8.42 Å². The van der Waals surface area contributed by atoms with E-state index in [2.05, 4.69) is 20.1 Å². The highest BCUT2D eigenvalue weighted by Gasteiger charge is 2.19. The third kappa shape index (κ3) is 6.64. The average Bonchev–Trinajstić information content (AvgIpc) is 2.94. The molecule has 0 fully saturated rings. The summed E-state index contributed by atoms with van der Waals surface area (Å²) in [5.74, 6) is -0.666. The summed E-state index contributed by atoms with van der Waals surface area (Å²) in [6.07, 6.45) is 3.44. The van der Waals surface area contributed by atoms with Crippen molar-refractivity contribution in [3.05, 3.63) is 41.2 Å². The number of benzene rings is 1. The molecule has 11 heteroatoms. The number of amides is 1. The van der Waals surface area contributed by atoms with Gasteiger partial charge in [0.05, 0.1) is 17.0 Å². The Balaban J connectivity index is 1.56. The van der Waals surface area contributed by atoms with E-state index in [0.29, 0.717) is 18.8 Å². The molecule has 178 valence electrons. The number of aromatic nitrogens is 2. The lowest BCUT2D eigenvalue weighted by atomic mass is 10.1. The molecule has 33 heavy (non-hydrogen) atoms. The summed E-state index contributed by atoms with van der Waals surface area (Å²) in [7, 11) is -2.04. The predicted octanol–water partition coefficient (Wildman–Crippen LogP) is 2.01. The summed E-state index contributed by atoms with van der Waals surface area (Å²) in [6.45, 7) is 3.78. The van der Waals surface area contributed by atoms with Crippen LogP contribution in [0.1, 0.15) is 42.6 Å². The largest absolute Gasteiger partial charge is 0.455 e. The Morgan fingerprint density at radius 1 is 1.18 bits per heavy atom. The van der Waals surface area contributed by atoms with E-state index in [1.165, 1.54) is 18.2 Å². The van der Waals surface area contributed by atoms with Crippen LogP contribution in [0.2, 0.25) is 0 Å². The number of nitrogens with zero attached hydrogens (tertiary/aromatic N) is 3. The molecule has 2 heterocycles. The number of nitrogens with one attached hydrogen (secondary N) is 2. The van der Waals surface area contributed by atoms with Crippen molar-refractivity contribution in [3.8, 4) is 0 Å². The molecular formula is C22H29N5O5S. The minimum Gasteiger partial charge on any atom is -0.455 e.